The lowest BCUT2D eigenvalue weighted by atomic mass is 9.91. The highest BCUT2D eigenvalue weighted by Crippen LogP contribution is 2.30. The van der Waals surface area contributed by atoms with Crippen molar-refractivity contribution in [3.63, 3.8) is 0 Å². The number of hydrogen-bond acceptors (Lipinski definition) is 5. The van der Waals surface area contributed by atoms with E-state index in [-0.39, 0.29) is 17.7 Å². The first-order valence-electron chi connectivity index (χ1n) is 10.1. The molecule has 2 aromatic heterocycles. The van der Waals surface area contributed by atoms with Crippen molar-refractivity contribution in [3.05, 3.63) is 33.0 Å². The molecular weight excluding hydrogens is 374 g/mol. The number of aromatic amines is 1. The number of thiazole rings is 1. The molecule has 28 heavy (non-hydrogen) atoms. The Balaban J connectivity index is 1.37. The number of likely N-dealkylation sites (tertiary alicyclic amines) is 2. The maximum atomic E-state index is 12.8. The van der Waals surface area contributed by atoms with E-state index in [1.807, 2.05) is 23.6 Å². The number of aryl methyl sites for hydroxylation is 2. The van der Waals surface area contributed by atoms with E-state index in [0.717, 1.165) is 73.1 Å². The second-order valence-electron chi connectivity index (χ2n) is 7.77. The van der Waals surface area contributed by atoms with Gasteiger partial charge < -0.3 is 9.80 Å². The Labute approximate surface area is 169 Å². The Morgan fingerprint density at radius 3 is 2.50 bits per heavy atom. The summed E-state index contributed by atoms with van der Waals surface area (Å²) < 4.78 is 0. The maximum Gasteiger partial charge on any atom is 0.257 e. The number of nitrogens with zero attached hydrogens (tertiary/aromatic N) is 4. The number of amides is 2. The van der Waals surface area contributed by atoms with Gasteiger partial charge in [-0.15, -0.1) is 11.3 Å². The van der Waals surface area contributed by atoms with Crippen LogP contribution in [-0.4, -0.2) is 63.0 Å². The summed E-state index contributed by atoms with van der Waals surface area (Å²) in [6.07, 6.45) is 5.98. The van der Waals surface area contributed by atoms with Gasteiger partial charge in [0.25, 0.3) is 5.91 Å². The molecule has 4 rings (SSSR count). The van der Waals surface area contributed by atoms with E-state index in [1.54, 1.807) is 17.5 Å². The molecule has 0 spiro atoms. The third-order valence-electron chi connectivity index (χ3n) is 5.86. The number of rotatable bonds is 4. The molecule has 2 saturated heterocycles. The normalized spacial score (nSPS) is 18.1. The van der Waals surface area contributed by atoms with E-state index in [1.165, 1.54) is 0 Å². The van der Waals surface area contributed by atoms with E-state index in [9.17, 15) is 9.59 Å². The predicted octanol–water partition coefficient (Wildman–Crippen LogP) is 2.67. The number of carbonyl (C=O) groups is 2. The molecule has 0 radical (unpaired) electrons. The summed E-state index contributed by atoms with van der Waals surface area (Å²) in [6.45, 7) is 7.06. The first-order valence-corrected chi connectivity index (χ1v) is 10.9. The van der Waals surface area contributed by atoms with Gasteiger partial charge in [-0.25, -0.2) is 4.98 Å². The molecule has 0 aromatic carbocycles. The second kappa shape index (κ2) is 8.03. The number of piperidine rings is 1. The van der Waals surface area contributed by atoms with Gasteiger partial charge in [0.2, 0.25) is 5.91 Å². The van der Waals surface area contributed by atoms with E-state index >= 15 is 0 Å². The number of hydrogen-bond donors (Lipinski definition) is 1. The molecule has 2 aliphatic rings. The van der Waals surface area contributed by atoms with Crippen molar-refractivity contribution < 1.29 is 9.59 Å². The van der Waals surface area contributed by atoms with Crippen molar-refractivity contribution in [1.82, 2.24) is 25.0 Å². The molecule has 0 aliphatic carbocycles. The van der Waals surface area contributed by atoms with Crippen LogP contribution in [0.4, 0.5) is 0 Å². The Hall–Kier alpha value is -2.22. The third-order valence-corrected chi connectivity index (χ3v) is 6.93. The van der Waals surface area contributed by atoms with Gasteiger partial charge in [0.05, 0.1) is 34.6 Å². The van der Waals surface area contributed by atoms with Gasteiger partial charge in [0, 0.05) is 37.0 Å². The molecule has 2 amide bonds. The van der Waals surface area contributed by atoms with Crippen LogP contribution in [0.2, 0.25) is 0 Å². The number of aromatic nitrogens is 3. The molecule has 4 heterocycles. The first kappa shape index (κ1) is 19.1. The van der Waals surface area contributed by atoms with Gasteiger partial charge in [-0.1, -0.05) is 0 Å². The summed E-state index contributed by atoms with van der Waals surface area (Å²) in [5.74, 6) is 0.513. The van der Waals surface area contributed by atoms with Crippen molar-refractivity contribution in [2.75, 3.05) is 26.2 Å². The molecule has 7 nitrogen and oxygen atoms in total. The molecular formula is C20H27N5O2S. The zero-order valence-corrected chi connectivity index (χ0v) is 17.3. The maximum absolute atomic E-state index is 12.8. The average Bonchev–Trinajstić information content (AvgIpc) is 3.43. The quantitative estimate of drug-likeness (QED) is 0.854. The number of nitrogens with one attached hydrogen (secondary N) is 1. The van der Waals surface area contributed by atoms with Crippen LogP contribution >= 0.6 is 11.3 Å². The Morgan fingerprint density at radius 1 is 1.14 bits per heavy atom. The van der Waals surface area contributed by atoms with E-state index in [4.69, 9.17) is 0 Å². The van der Waals surface area contributed by atoms with Gasteiger partial charge >= 0.3 is 0 Å². The van der Waals surface area contributed by atoms with Crippen molar-refractivity contribution in [1.29, 1.82) is 0 Å². The van der Waals surface area contributed by atoms with E-state index in [2.05, 4.69) is 15.2 Å². The fraction of sp³-hybridized carbons (Fsp3) is 0.600. The predicted molar refractivity (Wildman–Crippen MR) is 108 cm³/mol. The Bertz CT molecular complexity index is 860. The molecule has 0 saturated carbocycles. The largest absolute Gasteiger partial charge is 0.342 e. The van der Waals surface area contributed by atoms with Gasteiger partial charge in [0.15, 0.2) is 0 Å². The highest BCUT2D eigenvalue weighted by molar-refractivity contribution is 7.11. The first-order chi connectivity index (χ1) is 13.5. The smallest absolute Gasteiger partial charge is 0.257 e. The van der Waals surface area contributed by atoms with Crippen molar-refractivity contribution in [3.8, 4) is 0 Å². The number of H-pyrrole nitrogens is 1. The van der Waals surface area contributed by atoms with Gasteiger partial charge in [-0.3, -0.25) is 14.7 Å². The van der Waals surface area contributed by atoms with Crippen LogP contribution in [0.3, 0.4) is 0 Å². The fourth-order valence-electron chi connectivity index (χ4n) is 4.27. The molecule has 0 bridgehead atoms. The van der Waals surface area contributed by atoms with Crippen LogP contribution < -0.4 is 0 Å². The fourth-order valence-corrected chi connectivity index (χ4v) is 5.20. The number of carbonyl (C=O) groups excluding carboxylic acids is 2. The lowest BCUT2D eigenvalue weighted by molar-refractivity contribution is -0.131. The summed E-state index contributed by atoms with van der Waals surface area (Å²) in [7, 11) is 0. The standard InChI is InChI=1S/C20H27N5O2S/c1-13-17(28-14(2)22-13)11-18(26)24-9-5-15(6-10-24)19-16(12-21-23-19)20(27)25-7-3-4-8-25/h12,15H,3-11H2,1-2H3,(H,21,23). The van der Waals surface area contributed by atoms with Crippen molar-refractivity contribution in [2.45, 2.75) is 51.9 Å². The van der Waals surface area contributed by atoms with E-state index in [0.29, 0.717) is 12.0 Å². The summed E-state index contributed by atoms with van der Waals surface area (Å²) in [4.78, 5) is 34.8. The Morgan fingerprint density at radius 2 is 1.86 bits per heavy atom. The van der Waals surface area contributed by atoms with Crippen LogP contribution in [0, 0.1) is 13.8 Å². The summed E-state index contributed by atoms with van der Waals surface area (Å²) in [6, 6.07) is 0. The molecule has 2 aromatic rings. The second-order valence-corrected chi connectivity index (χ2v) is 9.06. The third kappa shape index (κ3) is 3.83. The lowest BCUT2D eigenvalue weighted by Gasteiger charge is -2.32. The Kier molecular flexibility index (Phi) is 5.48. The van der Waals surface area contributed by atoms with Crippen LogP contribution in [0.25, 0.3) is 0 Å². The zero-order chi connectivity index (χ0) is 19.7. The summed E-state index contributed by atoms with van der Waals surface area (Å²) >= 11 is 1.61. The van der Waals surface area contributed by atoms with Gasteiger partial charge in [0.1, 0.15) is 0 Å². The van der Waals surface area contributed by atoms with Crippen LogP contribution in [0.5, 0.6) is 0 Å². The SMILES string of the molecule is Cc1nc(C)c(CC(=O)N2CCC(c3[nH]ncc3C(=O)N3CCCC3)CC2)s1. The van der Waals surface area contributed by atoms with Crippen LogP contribution in [0.1, 0.15) is 63.2 Å². The highest BCUT2D eigenvalue weighted by atomic mass is 32.1. The molecule has 8 heteroatoms. The van der Waals surface area contributed by atoms with Crippen LogP contribution in [-0.2, 0) is 11.2 Å². The van der Waals surface area contributed by atoms with E-state index < -0.39 is 0 Å². The molecule has 0 atom stereocenters. The lowest BCUT2D eigenvalue weighted by Crippen LogP contribution is -2.39. The zero-order valence-electron chi connectivity index (χ0n) is 16.5. The van der Waals surface area contributed by atoms with Crippen molar-refractivity contribution in [2.24, 2.45) is 0 Å². The topological polar surface area (TPSA) is 82.2 Å². The molecule has 2 aliphatic heterocycles. The van der Waals surface area contributed by atoms with Crippen LogP contribution in [0.15, 0.2) is 6.20 Å². The molecule has 2 fully saturated rings. The summed E-state index contributed by atoms with van der Waals surface area (Å²) in [5.41, 5.74) is 2.62. The van der Waals surface area contributed by atoms with Crippen molar-refractivity contribution >= 4 is 23.2 Å². The van der Waals surface area contributed by atoms with Gasteiger partial charge in [-0.05, 0) is 39.5 Å². The minimum absolute atomic E-state index is 0.0933. The van der Waals surface area contributed by atoms with Gasteiger partial charge in [-0.2, -0.15) is 5.10 Å². The highest BCUT2D eigenvalue weighted by Gasteiger charge is 2.30. The molecule has 150 valence electrons. The molecule has 1 N–H and O–H groups in total. The minimum Gasteiger partial charge on any atom is -0.342 e. The average molecular weight is 402 g/mol. The molecule has 0 unspecified atom stereocenters. The monoisotopic (exact) mass is 401 g/mol. The minimum atomic E-state index is 0.0933. The summed E-state index contributed by atoms with van der Waals surface area (Å²) in [5, 5.41) is 8.23.